The lowest BCUT2D eigenvalue weighted by Crippen LogP contribution is -2.14. The lowest BCUT2D eigenvalue weighted by Gasteiger charge is -2.06. The Kier molecular flexibility index (Phi) is 6.79. The molecule has 0 aliphatic rings. The number of nitrogens with one attached hydrogen (secondary N) is 2. The first-order valence-electron chi connectivity index (χ1n) is 9.24. The number of benzene rings is 2. The topological polar surface area (TPSA) is 88.4 Å². The molecule has 0 unspecified atom stereocenters. The molecule has 0 spiro atoms. The summed E-state index contributed by atoms with van der Waals surface area (Å²) in [5, 5.41) is 10.1. The van der Waals surface area contributed by atoms with Crippen LogP contribution in [0.4, 0.5) is 11.5 Å². The molecule has 31 heavy (non-hydrogen) atoms. The summed E-state index contributed by atoms with van der Waals surface area (Å²) in [4.78, 5) is 28.3. The number of carbonyl (C=O) groups excluding carboxylic acids is 2. The summed E-state index contributed by atoms with van der Waals surface area (Å²) in [7, 11) is 1.75. The van der Waals surface area contributed by atoms with E-state index < -0.39 is 5.91 Å². The van der Waals surface area contributed by atoms with Crippen molar-refractivity contribution in [3.63, 3.8) is 0 Å². The van der Waals surface area contributed by atoms with Crippen LogP contribution >= 0.6 is 11.6 Å². The molecule has 2 aromatic carbocycles. The maximum atomic E-state index is 12.4. The van der Waals surface area contributed by atoms with Crippen molar-refractivity contribution < 1.29 is 9.59 Å². The predicted molar refractivity (Wildman–Crippen MR) is 124 cm³/mol. The molecular weight excluding hydrogens is 414 g/mol. The average molecular weight is 434 g/mol. The van der Waals surface area contributed by atoms with Gasteiger partial charge in [0.05, 0.1) is 10.7 Å². The third-order valence-corrected chi connectivity index (χ3v) is 4.71. The van der Waals surface area contributed by atoms with Gasteiger partial charge in [0.2, 0.25) is 0 Å². The second-order valence-corrected chi connectivity index (χ2v) is 6.86. The highest BCUT2D eigenvalue weighted by Crippen LogP contribution is 2.24. The molecule has 0 saturated heterocycles. The van der Waals surface area contributed by atoms with Crippen LogP contribution < -0.4 is 10.6 Å². The van der Waals surface area contributed by atoms with E-state index in [1.807, 2.05) is 6.07 Å². The van der Waals surface area contributed by atoms with Crippen LogP contribution in [0.5, 0.6) is 0 Å². The van der Waals surface area contributed by atoms with Gasteiger partial charge in [0, 0.05) is 29.9 Å². The second kappa shape index (κ2) is 9.69. The molecule has 2 amide bonds. The summed E-state index contributed by atoms with van der Waals surface area (Å²) in [6, 6.07) is 17.8. The van der Waals surface area contributed by atoms with Crippen molar-refractivity contribution in [3.8, 4) is 11.3 Å². The van der Waals surface area contributed by atoms with E-state index in [0.29, 0.717) is 22.8 Å². The summed E-state index contributed by atoms with van der Waals surface area (Å²) in [6.45, 7) is 6.87. The van der Waals surface area contributed by atoms with Gasteiger partial charge in [0.1, 0.15) is 11.5 Å². The molecule has 3 rings (SSSR count). The standard InChI is InChI=1S/C23H20ClN5O2/c1-4-18(24)21(25-2)23(31)26-17-12-10-15(11-13-17)19-14-20(29(3)28-19)27-22(30)16-8-6-5-7-9-16/h4-14H,1-2H2,3H3,(H,26,31)(H,27,30)/b21-18+. The Bertz CT molecular complexity index is 1160. The van der Waals surface area contributed by atoms with E-state index in [9.17, 15) is 9.59 Å². The van der Waals surface area contributed by atoms with Crippen molar-refractivity contribution in [1.29, 1.82) is 0 Å². The highest BCUT2D eigenvalue weighted by molar-refractivity contribution is 6.34. The van der Waals surface area contributed by atoms with Gasteiger partial charge in [0.25, 0.3) is 11.8 Å². The SMILES string of the molecule is C=C/C(Cl)=C(\N=C)C(=O)Nc1ccc(-c2cc(NC(=O)c3ccccc3)n(C)n2)cc1. The maximum absolute atomic E-state index is 12.4. The predicted octanol–water partition coefficient (Wildman–Crippen LogP) is 4.61. The molecule has 2 N–H and O–H groups in total. The molecule has 0 aliphatic carbocycles. The van der Waals surface area contributed by atoms with Gasteiger partial charge < -0.3 is 10.6 Å². The highest BCUT2D eigenvalue weighted by atomic mass is 35.5. The molecule has 0 atom stereocenters. The summed E-state index contributed by atoms with van der Waals surface area (Å²) < 4.78 is 1.59. The van der Waals surface area contributed by atoms with Crippen LogP contribution in [0, 0.1) is 0 Å². The third-order valence-electron chi connectivity index (χ3n) is 4.37. The van der Waals surface area contributed by atoms with E-state index in [1.54, 1.807) is 66.3 Å². The average Bonchev–Trinajstić information content (AvgIpc) is 3.15. The number of rotatable bonds is 7. The van der Waals surface area contributed by atoms with Crippen molar-refractivity contribution in [2.24, 2.45) is 12.0 Å². The number of amides is 2. The zero-order chi connectivity index (χ0) is 22.4. The highest BCUT2D eigenvalue weighted by Gasteiger charge is 2.13. The van der Waals surface area contributed by atoms with E-state index in [4.69, 9.17) is 11.6 Å². The number of aryl methyl sites for hydroxylation is 1. The normalized spacial score (nSPS) is 11.3. The minimum atomic E-state index is -0.489. The van der Waals surface area contributed by atoms with Crippen molar-refractivity contribution in [3.05, 3.63) is 89.6 Å². The van der Waals surface area contributed by atoms with Crippen LogP contribution in [0.1, 0.15) is 10.4 Å². The minimum Gasteiger partial charge on any atom is -0.321 e. The summed E-state index contributed by atoms with van der Waals surface area (Å²) >= 11 is 5.92. The van der Waals surface area contributed by atoms with E-state index in [1.165, 1.54) is 6.08 Å². The summed E-state index contributed by atoms with van der Waals surface area (Å²) in [5.74, 6) is -0.144. The van der Waals surface area contributed by atoms with E-state index in [2.05, 4.69) is 34.0 Å². The number of nitrogens with zero attached hydrogens (tertiary/aromatic N) is 3. The van der Waals surface area contributed by atoms with Gasteiger partial charge in [-0.25, -0.2) is 0 Å². The molecule has 1 aromatic heterocycles. The van der Waals surface area contributed by atoms with Gasteiger partial charge in [-0.3, -0.25) is 19.3 Å². The number of carbonyl (C=O) groups is 2. The van der Waals surface area contributed by atoms with Crippen molar-refractivity contribution in [2.75, 3.05) is 10.6 Å². The first-order chi connectivity index (χ1) is 14.9. The van der Waals surface area contributed by atoms with Crippen LogP contribution in [0.2, 0.25) is 0 Å². The van der Waals surface area contributed by atoms with Crippen molar-refractivity contribution in [1.82, 2.24) is 9.78 Å². The fourth-order valence-corrected chi connectivity index (χ4v) is 2.92. The third kappa shape index (κ3) is 5.15. The first-order valence-corrected chi connectivity index (χ1v) is 9.62. The van der Waals surface area contributed by atoms with E-state index >= 15 is 0 Å². The fraction of sp³-hybridized carbons (Fsp3) is 0.0435. The maximum Gasteiger partial charge on any atom is 0.275 e. The van der Waals surface area contributed by atoms with Crippen LogP contribution in [-0.2, 0) is 11.8 Å². The Morgan fingerprint density at radius 3 is 2.39 bits per heavy atom. The second-order valence-electron chi connectivity index (χ2n) is 6.45. The molecule has 7 nitrogen and oxygen atoms in total. The Morgan fingerprint density at radius 1 is 1.10 bits per heavy atom. The Hall–Kier alpha value is -3.97. The molecule has 1 heterocycles. The molecule has 0 fully saturated rings. The lowest BCUT2D eigenvalue weighted by atomic mass is 10.1. The van der Waals surface area contributed by atoms with Gasteiger partial charge in [0.15, 0.2) is 0 Å². The van der Waals surface area contributed by atoms with Gasteiger partial charge >= 0.3 is 0 Å². The summed E-state index contributed by atoms with van der Waals surface area (Å²) in [6.07, 6.45) is 1.32. The Morgan fingerprint density at radius 2 is 1.77 bits per heavy atom. The zero-order valence-corrected chi connectivity index (χ0v) is 17.6. The van der Waals surface area contributed by atoms with Crippen LogP contribution in [0.3, 0.4) is 0 Å². The van der Waals surface area contributed by atoms with E-state index in [0.717, 1.165) is 5.56 Å². The molecule has 8 heteroatoms. The number of halogens is 1. The summed E-state index contributed by atoms with van der Waals surface area (Å²) in [5.41, 5.74) is 2.59. The van der Waals surface area contributed by atoms with E-state index in [-0.39, 0.29) is 16.6 Å². The number of anilines is 2. The molecule has 0 aliphatic heterocycles. The number of aromatic nitrogens is 2. The number of aliphatic imine (C=N–C) groups is 1. The van der Waals surface area contributed by atoms with Crippen molar-refractivity contribution >= 4 is 41.6 Å². The molecule has 0 radical (unpaired) electrons. The molecule has 0 saturated carbocycles. The van der Waals surface area contributed by atoms with Gasteiger partial charge in [-0.1, -0.05) is 48.5 Å². The van der Waals surface area contributed by atoms with Gasteiger partial charge in [-0.2, -0.15) is 5.10 Å². The van der Waals surface area contributed by atoms with Crippen LogP contribution in [0.15, 0.2) is 89.0 Å². The quantitative estimate of drug-likeness (QED) is 0.324. The zero-order valence-electron chi connectivity index (χ0n) is 16.8. The molecule has 156 valence electrons. The number of hydrogen-bond donors (Lipinski definition) is 2. The molecule has 3 aromatic rings. The molecular formula is C23H20ClN5O2. The lowest BCUT2D eigenvalue weighted by molar-refractivity contribution is -0.112. The smallest absolute Gasteiger partial charge is 0.275 e. The Labute approximate surface area is 184 Å². The number of hydrogen-bond acceptors (Lipinski definition) is 4. The van der Waals surface area contributed by atoms with Gasteiger partial charge in [-0.15, -0.1) is 0 Å². The van der Waals surface area contributed by atoms with Crippen LogP contribution in [0.25, 0.3) is 11.3 Å². The van der Waals surface area contributed by atoms with Crippen molar-refractivity contribution in [2.45, 2.75) is 0 Å². The van der Waals surface area contributed by atoms with Crippen LogP contribution in [-0.4, -0.2) is 28.3 Å². The fourth-order valence-electron chi connectivity index (χ4n) is 2.77. The Balaban J connectivity index is 1.74. The monoisotopic (exact) mass is 433 g/mol. The first kappa shape index (κ1) is 21.7. The number of allylic oxidation sites excluding steroid dienone is 2. The molecule has 0 bridgehead atoms. The minimum absolute atomic E-state index is 0.00994. The largest absolute Gasteiger partial charge is 0.321 e. The van der Waals surface area contributed by atoms with Gasteiger partial charge in [-0.05, 0) is 37.1 Å².